The predicted octanol–water partition coefficient (Wildman–Crippen LogP) is 3.26. The van der Waals surface area contributed by atoms with Gasteiger partial charge in [0.25, 0.3) is 0 Å². The number of nitrogens with zero attached hydrogens (tertiary/aromatic N) is 1. The number of rotatable bonds is 5. The number of piperidine rings is 1. The standard InChI is InChI=1S/C18H28N2O2/c1-5-13(4)20-17(21)11-10-16(19)18(20)14-6-8-15(9-7-14)22-12(2)3/h6-9,12-13,16,18H,5,10-11,19H2,1-4H3. The van der Waals surface area contributed by atoms with E-state index in [2.05, 4.69) is 13.8 Å². The summed E-state index contributed by atoms with van der Waals surface area (Å²) in [5, 5.41) is 0. The molecule has 3 unspecified atom stereocenters. The third kappa shape index (κ3) is 3.61. The van der Waals surface area contributed by atoms with E-state index in [-0.39, 0.29) is 30.1 Å². The van der Waals surface area contributed by atoms with Gasteiger partial charge in [-0.3, -0.25) is 4.79 Å². The number of nitrogens with two attached hydrogens (primary N) is 1. The van der Waals surface area contributed by atoms with Gasteiger partial charge in [-0.05, 0) is 51.3 Å². The monoisotopic (exact) mass is 304 g/mol. The highest BCUT2D eigenvalue weighted by Crippen LogP contribution is 2.34. The summed E-state index contributed by atoms with van der Waals surface area (Å²) in [7, 11) is 0. The zero-order valence-corrected chi connectivity index (χ0v) is 14.1. The third-order valence-electron chi connectivity index (χ3n) is 4.34. The molecule has 0 bridgehead atoms. The van der Waals surface area contributed by atoms with Crippen molar-refractivity contribution < 1.29 is 9.53 Å². The van der Waals surface area contributed by atoms with Gasteiger partial charge in [-0.15, -0.1) is 0 Å². The van der Waals surface area contributed by atoms with Crippen LogP contribution in [0.3, 0.4) is 0 Å². The average molecular weight is 304 g/mol. The van der Waals surface area contributed by atoms with Crippen LogP contribution >= 0.6 is 0 Å². The van der Waals surface area contributed by atoms with E-state index in [1.165, 1.54) is 0 Å². The minimum atomic E-state index is -0.0377. The maximum atomic E-state index is 12.4. The van der Waals surface area contributed by atoms with Gasteiger partial charge in [0.2, 0.25) is 5.91 Å². The molecule has 3 atom stereocenters. The van der Waals surface area contributed by atoms with Crippen molar-refractivity contribution in [3.05, 3.63) is 29.8 Å². The first kappa shape index (κ1) is 16.8. The molecule has 122 valence electrons. The van der Waals surface area contributed by atoms with Crippen LogP contribution in [-0.4, -0.2) is 29.0 Å². The van der Waals surface area contributed by atoms with E-state index in [0.717, 1.165) is 24.2 Å². The quantitative estimate of drug-likeness (QED) is 0.908. The molecule has 2 rings (SSSR count). The maximum Gasteiger partial charge on any atom is 0.223 e. The van der Waals surface area contributed by atoms with Gasteiger partial charge in [-0.1, -0.05) is 19.1 Å². The molecule has 0 saturated carbocycles. The number of ether oxygens (including phenoxy) is 1. The first-order valence-electron chi connectivity index (χ1n) is 8.27. The van der Waals surface area contributed by atoms with Gasteiger partial charge in [0, 0.05) is 18.5 Å². The van der Waals surface area contributed by atoms with Crippen LogP contribution in [-0.2, 0) is 4.79 Å². The van der Waals surface area contributed by atoms with E-state index in [4.69, 9.17) is 10.5 Å². The van der Waals surface area contributed by atoms with E-state index in [1.54, 1.807) is 0 Å². The number of hydrogen-bond acceptors (Lipinski definition) is 3. The summed E-state index contributed by atoms with van der Waals surface area (Å²) in [6, 6.07) is 8.17. The molecule has 1 aromatic carbocycles. The van der Waals surface area contributed by atoms with E-state index in [0.29, 0.717) is 6.42 Å². The van der Waals surface area contributed by atoms with Crippen LogP contribution in [0, 0.1) is 0 Å². The molecule has 0 spiro atoms. The van der Waals surface area contributed by atoms with Crippen LogP contribution < -0.4 is 10.5 Å². The number of carbonyl (C=O) groups excluding carboxylic acids is 1. The summed E-state index contributed by atoms with van der Waals surface area (Å²) in [4.78, 5) is 14.4. The lowest BCUT2D eigenvalue weighted by atomic mass is 9.89. The average Bonchev–Trinajstić information content (AvgIpc) is 2.49. The van der Waals surface area contributed by atoms with Gasteiger partial charge in [-0.2, -0.15) is 0 Å². The SMILES string of the molecule is CCC(C)N1C(=O)CCC(N)C1c1ccc(OC(C)C)cc1. The van der Waals surface area contributed by atoms with Gasteiger partial charge in [0.1, 0.15) is 5.75 Å². The number of carbonyl (C=O) groups is 1. The summed E-state index contributed by atoms with van der Waals surface area (Å²) in [5.41, 5.74) is 7.44. The molecule has 0 aliphatic carbocycles. The molecule has 4 nitrogen and oxygen atoms in total. The first-order chi connectivity index (χ1) is 10.4. The van der Waals surface area contributed by atoms with Gasteiger partial charge in [0.05, 0.1) is 12.1 Å². The number of benzene rings is 1. The highest BCUT2D eigenvalue weighted by atomic mass is 16.5. The lowest BCUT2D eigenvalue weighted by molar-refractivity contribution is -0.140. The lowest BCUT2D eigenvalue weighted by Gasteiger charge is -2.43. The molecular weight excluding hydrogens is 276 g/mol. The first-order valence-corrected chi connectivity index (χ1v) is 8.27. The van der Waals surface area contributed by atoms with Crippen LogP contribution in [0.5, 0.6) is 5.75 Å². The summed E-state index contributed by atoms with van der Waals surface area (Å²) in [6.45, 7) is 8.22. The molecule has 1 heterocycles. The van der Waals surface area contributed by atoms with E-state index < -0.39 is 0 Å². The second kappa shape index (κ2) is 7.14. The Bertz CT molecular complexity index is 498. The molecule has 0 aromatic heterocycles. The Morgan fingerprint density at radius 1 is 1.27 bits per heavy atom. The van der Waals surface area contributed by atoms with Crippen LogP contribution in [0.2, 0.25) is 0 Å². The van der Waals surface area contributed by atoms with E-state index in [9.17, 15) is 4.79 Å². The topological polar surface area (TPSA) is 55.6 Å². The van der Waals surface area contributed by atoms with Crippen LogP contribution in [0.15, 0.2) is 24.3 Å². The van der Waals surface area contributed by atoms with Gasteiger partial charge in [0.15, 0.2) is 0 Å². The molecule has 1 aromatic rings. The Morgan fingerprint density at radius 3 is 2.45 bits per heavy atom. The largest absolute Gasteiger partial charge is 0.491 e. The van der Waals surface area contributed by atoms with Crippen molar-refractivity contribution in [1.29, 1.82) is 0 Å². The zero-order valence-electron chi connectivity index (χ0n) is 14.1. The van der Waals surface area contributed by atoms with Crippen molar-refractivity contribution >= 4 is 5.91 Å². The summed E-state index contributed by atoms with van der Waals surface area (Å²) < 4.78 is 5.69. The van der Waals surface area contributed by atoms with Crippen molar-refractivity contribution in [3.63, 3.8) is 0 Å². The predicted molar refractivity (Wildman–Crippen MR) is 88.8 cm³/mol. The summed E-state index contributed by atoms with van der Waals surface area (Å²) >= 11 is 0. The fourth-order valence-corrected chi connectivity index (χ4v) is 3.08. The van der Waals surface area contributed by atoms with Crippen molar-refractivity contribution in [2.24, 2.45) is 5.73 Å². The number of hydrogen-bond donors (Lipinski definition) is 1. The Labute approximate surface area is 133 Å². The highest BCUT2D eigenvalue weighted by Gasteiger charge is 2.36. The number of likely N-dealkylation sites (tertiary alicyclic amines) is 1. The summed E-state index contributed by atoms with van der Waals surface area (Å²) in [6.07, 6.45) is 2.39. The molecule has 1 amide bonds. The van der Waals surface area contributed by atoms with Gasteiger partial charge < -0.3 is 15.4 Å². The third-order valence-corrected chi connectivity index (χ3v) is 4.34. The van der Waals surface area contributed by atoms with Crippen molar-refractivity contribution in [3.8, 4) is 5.75 Å². The van der Waals surface area contributed by atoms with Gasteiger partial charge >= 0.3 is 0 Å². The molecule has 2 N–H and O–H groups in total. The minimum absolute atomic E-state index is 0.0106. The normalized spacial score (nSPS) is 23.7. The Balaban J connectivity index is 2.27. The second-order valence-corrected chi connectivity index (χ2v) is 6.44. The molecule has 1 fully saturated rings. The Kier molecular flexibility index (Phi) is 5.46. The molecule has 0 radical (unpaired) electrons. The minimum Gasteiger partial charge on any atom is -0.491 e. The lowest BCUT2D eigenvalue weighted by Crippen LogP contribution is -2.52. The molecule has 1 aliphatic rings. The van der Waals surface area contributed by atoms with Gasteiger partial charge in [-0.25, -0.2) is 0 Å². The Morgan fingerprint density at radius 2 is 1.91 bits per heavy atom. The van der Waals surface area contributed by atoms with Crippen LogP contribution in [0.1, 0.15) is 58.6 Å². The van der Waals surface area contributed by atoms with Crippen LogP contribution in [0.25, 0.3) is 0 Å². The van der Waals surface area contributed by atoms with Crippen molar-refractivity contribution in [1.82, 2.24) is 4.90 Å². The highest BCUT2D eigenvalue weighted by molar-refractivity contribution is 5.78. The molecule has 4 heteroatoms. The van der Waals surface area contributed by atoms with Crippen molar-refractivity contribution in [2.45, 2.75) is 71.2 Å². The second-order valence-electron chi connectivity index (χ2n) is 6.44. The maximum absolute atomic E-state index is 12.4. The van der Waals surface area contributed by atoms with E-state index >= 15 is 0 Å². The number of amides is 1. The smallest absolute Gasteiger partial charge is 0.223 e. The fourth-order valence-electron chi connectivity index (χ4n) is 3.08. The summed E-state index contributed by atoms with van der Waals surface area (Å²) in [5.74, 6) is 1.06. The molecule has 22 heavy (non-hydrogen) atoms. The molecular formula is C18H28N2O2. The van der Waals surface area contributed by atoms with Crippen LogP contribution in [0.4, 0.5) is 0 Å². The van der Waals surface area contributed by atoms with E-state index in [1.807, 2.05) is 43.0 Å². The molecule has 1 saturated heterocycles. The van der Waals surface area contributed by atoms with Crippen molar-refractivity contribution in [2.75, 3.05) is 0 Å². The molecule has 1 aliphatic heterocycles. The fraction of sp³-hybridized carbons (Fsp3) is 0.611. The Hall–Kier alpha value is -1.55. The zero-order chi connectivity index (χ0) is 16.3.